The van der Waals surface area contributed by atoms with E-state index in [9.17, 15) is 9.59 Å². The number of carbonyl (C=O) groups is 2. The summed E-state index contributed by atoms with van der Waals surface area (Å²) in [6.07, 6.45) is 4.74. The summed E-state index contributed by atoms with van der Waals surface area (Å²) in [5.74, 6) is 1.49. The van der Waals surface area contributed by atoms with Crippen molar-refractivity contribution in [3.63, 3.8) is 0 Å². The topological polar surface area (TPSA) is 49.4 Å². The van der Waals surface area contributed by atoms with E-state index in [2.05, 4.69) is 17.4 Å². The molecule has 6 heteroatoms. The van der Waals surface area contributed by atoms with Gasteiger partial charge in [0.1, 0.15) is 6.04 Å². The van der Waals surface area contributed by atoms with E-state index in [4.69, 9.17) is 11.6 Å². The second kappa shape index (κ2) is 12.2. The van der Waals surface area contributed by atoms with Crippen molar-refractivity contribution in [2.75, 3.05) is 5.75 Å². The molecule has 0 spiro atoms. The predicted octanol–water partition coefficient (Wildman–Crippen LogP) is 5.44. The minimum Gasteiger partial charge on any atom is -0.352 e. The third-order valence-electron chi connectivity index (χ3n) is 5.74. The number of hydrogen-bond acceptors (Lipinski definition) is 3. The van der Waals surface area contributed by atoms with Crippen molar-refractivity contribution in [3.05, 3.63) is 70.7 Å². The van der Waals surface area contributed by atoms with E-state index < -0.39 is 6.04 Å². The Morgan fingerprint density at radius 2 is 1.77 bits per heavy atom. The van der Waals surface area contributed by atoms with Gasteiger partial charge in [0, 0.05) is 35.5 Å². The third kappa shape index (κ3) is 7.29. The second-order valence-electron chi connectivity index (χ2n) is 8.07. The van der Waals surface area contributed by atoms with Gasteiger partial charge in [-0.3, -0.25) is 9.59 Å². The van der Waals surface area contributed by atoms with Crippen LogP contribution in [0.2, 0.25) is 5.02 Å². The van der Waals surface area contributed by atoms with Crippen molar-refractivity contribution in [1.82, 2.24) is 10.2 Å². The van der Waals surface area contributed by atoms with Crippen LogP contribution in [0, 0.1) is 0 Å². The monoisotopic (exact) mass is 458 g/mol. The van der Waals surface area contributed by atoms with E-state index in [1.807, 2.05) is 49.4 Å². The molecule has 1 atom stereocenters. The van der Waals surface area contributed by atoms with Gasteiger partial charge in [0.15, 0.2) is 0 Å². The van der Waals surface area contributed by atoms with Gasteiger partial charge in [-0.1, -0.05) is 73.0 Å². The van der Waals surface area contributed by atoms with E-state index in [0.717, 1.165) is 37.0 Å². The van der Waals surface area contributed by atoms with Crippen LogP contribution < -0.4 is 5.32 Å². The smallest absolute Gasteiger partial charge is 0.242 e. The van der Waals surface area contributed by atoms with Crippen molar-refractivity contribution in [2.45, 2.75) is 63.4 Å². The highest BCUT2D eigenvalue weighted by Crippen LogP contribution is 2.22. The van der Waals surface area contributed by atoms with E-state index in [1.165, 1.54) is 5.56 Å². The number of carbonyl (C=O) groups excluding carboxylic acids is 2. The van der Waals surface area contributed by atoms with Crippen molar-refractivity contribution >= 4 is 35.2 Å². The fourth-order valence-corrected chi connectivity index (χ4v) is 4.94. The molecule has 1 fully saturated rings. The molecule has 0 bridgehead atoms. The van der Waals surface area contributed by atoms with Gasteiger partial charge >= 0.3 is 0 Å². The maximum atomic E-state index is 13.1. The van der Waals surface area contributed by atoms with E-state index in [-0.39, 0.29) is 17.9 Å². The van der Waals surface area contributed by atoms with Crippen molar-refractivity contribution < 1.29 is 9.59 Å². The maximum absolute atomic E-state index is 13.1. The van der Waals surface area contributed by atoms with Crippen molar-refractivity contribution in [3.8, 4) is 0 Å². The zero-order chi connectivity index (χ0) is 22.1. The molecule has 1 saturated carbocycles. The summed E-state index contributed by atoms with van der Waals surface area (Å²) >= 11 is 8.08. The number of halogens is 1. The maximum Gasteiger partial charge on any atom is 0.242 e. The minimum atomic E-state index is -0.538. The van der Waals surface area contributed by atoms with Gasteiger partial charge in [-0.2, -0.15) is 11.8 Å². The molecular weight excluding hydrogens is 428 g/mol. The largest absolute Gasteiger partial charge is 0.352 e. The van der Waals surface area contributed by atoms with Crippen LogP contribution in [0.3, 0.4) is 0 Å². The van der Waals surface area contributed by atoms with Crippen LogP contribution in [0.5, 0.6) is 0 Å². The first kappa shape index (κ1) is 23.7. The van der Waals surface area contributed by atoms with Crippen LogP contribution in [0.25, 0.3) is 0 Å². The lowest BCUT2D eigenvalue weighted by Crippen LogP contribution is -2.49. The van der Waals surface area contributed by atoms with Gasteiger partial charge in [0.25, 0.3) is 0 Å². The molecule has 2 aromatic carbocycles. The number of nitrogens with zero attached hydrogens (tertiary/aromatic N) is 1. The third-order valence-corrected chi connectivity index (χ3v) is 7.14. The first-order valence-electron chi connectivity index (χ1n) is 11.0. The molecule has 3 rings (SSSR count). The molecule has 1 aliphatic carbocycles. The number of benzene rings is 2. The molecule has 0 heterocycles. The quantitative estimate of drug-likeness (QED) is 0.482. The van der Waals surface area contributed by atoms with Crippen LogP contribution in [-0.2, 0) is 21.9 Å². The molecule has 4 nitrogen and oxygen atoms in total. The second-order valence-corrected chi connectivity index (χ2v) is 9.58. The summed E-state index contributed by atoms with van der Waals surface area (Å²) in [4.78, 5) is 27.7. The Labute approximate surface area is 194 Å². The molecule has 0 aromatic heterocycles. The van der Waals surface area contributed by atoms with Crippen molar-refractivity contribution in [1.29, 1.82) is 0 Å². The van der Waals surface area contributed by atoms with Crippen LogP contribution >= 0.6 is 23.4 Å². The van der Waals surface area contributed by atoms with E-state index in [1.54, 1.807) is 16.7 Å². The number of nitrogens with one attached hydrogen (secondary N) is 1. The Balaban J connectivity index is 1.61. The zero-order valence-electron chi connectivity index (χ0n) is 18.1. The average molecular weight is 459 g/mol. The molecular formula is C25H31ClN2O2S. The van der Waals surface area contributed by atoms with Crippen LogP contribution in [-0.4, -0.2) is 34.6 Å². The highest BCUT2D eigenvalue weighted by atomic mass is 35.5. The molecule has 0 aliphatic heterocycles. The molecule has 31 heavy (non-hydrogen) atoms. The van der Waals surface area contributed by atoms with E-state index in [0.29, 0.717) is 23.7 Å². The number of thioether (sulfide) groups is 1. The normalized spacial score (nSPS) is 14.9. The van der Waals surface area contributed by atoms with Crippen LogP contribution in [0.15, 0.2) is 54.6 Å². The highest BCUT2D eigenvalue weighted by molar-refractivity contribution is 7.98. The first-order valence-corrected chi connectivity index (χ1v) is 12.5. The van der Waals surface area contributed by atoms with Gasteiger partial charge in [0.05, 0.1) is 0 Å². The van der Waals surface area contributed by atoms with Crippen LogP contribution in [0.1, 0.15) is 50.2 Å². The Kier molecular flexibility index (Phi) is 9.29. The Morgan fingerprint density at radius 1 is 1.10 bits per heavy atom. The Bertz CT molecular complexity index is 856. The lowest BCUT2D eigenvalue weighted by Gasteiger charge is -2.30. The number of rotatable bonds is 10. The molecule has 166 valence electrons. The molecule has 0 unspecified atom stereocenters. The standard InChI is InChI=1S/C25H31ClN2O2S/c1-19(25(30)27-22-12-6-7-13-22)28(17-21-11-5-8-14-23(21)26)24(29)15-16-31-18-20-9-3-2-4-10-20/h2-5,8-11,14,19,22H,6-7,12-13,15-18H2,1H3,(H,27,30)/t19-/m1/s1. The fourth-order valence-electron chi connectivity index (χ4n) is 3.85. The summed E-state index contributed by atoms with van der Waals surface area (Å²) < 4.78 is 0. The van der Waals surface area contributed by atoms with Gasteiger partial charge in [-0.05, 0) is 37.0 Å². The Morgan fingerprint density at radius 3 is 2.48 bits per heavy atom. The predicted molar refractivity (Wildman–Crippen MR) is 129 cm³/mol. The van der Waals surface area contributed by atoms with Gasteiger partial charge in [-0.25, -0.2) is 0 Å². The summed E-state index contributed by atoms with van der Waals surface area (Å²) in [7, 11) is 0. The van der Waals surface area contributed by atoms with Crippen LogP contribution in [0.4, 0.5) is 0 Å². The molecule has 0 radical (unpaired) electrons. The molecule has 1 N–H and O–H groups in total. The lowest BCUT2D eigenvalue weighted by atomic mass is 10.1. The van der Waals surface area contributed by atoms with E-state index >= 15 is 0 Å². The zero-order valence-corrected chi connectivity index (χ0v) is 19.6. The van der Waals surface area contributed by atoms with Gasteiger partial charge < -0.3 is 10.2 Å². The summed E-state index contributed by atoms with van der Waals surface area (Å²) in [5, 5.41) is 3.75. The summed E-state index contributed by atoms with van der Waals surface area (Å²) in [5.41, 5.74) is 2.10. The highest BCUT2D eigenvalue weighted by Gasteiger charge is 2.28. The first-order chi connectivity index (χ1) is 15.0. The fraction of sp³-hybridized carbons (Fsp3) is 0.440. The molecule has 2 aromatic rings. The average Bonchev–Trinajstić information content (AvgIpc) is 3.29. The van der Waals surface area contributed by atoms with Gasteiger partial charge in [0.2, 0.25) is 11.8 Å². The molecule has 1 aliphatic rings. The minimum absolute atomic E-state index is 0.0189. The lowest BCUT2D eigenvalue weighted by molar-refractivity contribution is -0.140. The van der Waals surface area contributed by atoms with Gasteiger partial charge in [-0.15, -0.1) is 0 Å². The number of hydrogen-bond donors (Lipinski definition) is 1. The number of amides is 2. The van der Waals surface area contributed by atoms with Crippen molar-refractivity contribution in [2.24, 2.45) is 0 Å². The SMILES string of the molecule is C[C@H](C(=O)NC1CCCC1)N(Cc1ccccc1Cl)C(=O)CCSCc1ccccc1. The Hall–Kier alpha value is -1.98. The molecule has 0 saturated heterocycles. The summed E-state index contributed by atoms with van der Waals surface area (Å²) in [6.45, 7) is 2.15. The molecule has 2 amide bonds. The summed E-state index contributed by atoms with van der Waals surface area (Å²) in [6, 6.07) is 17.4.